The number of aldehydes is 2. The number of halogens is 3. The second kappa shape index (κ2) is 9.48. The Morgan fingerprint density at radius 1 is 0.818 bits per heavy atom. The Morgan fingerprint density at radius 2 is 1.36 bits per heavy atom. The number of aliphatic hydroxyl groups is 1. The molecule has 3 aromatic carbocycles. The Morgan fingerprint density at radius 3 is 1.91 bits per heavy atom. The van der Waals surface area contributed by atoms with Crippen LogP contribution in [0.15, 0.2) is 65.4 Å². The smallest absolute Gasteiger partial charge is 0.152 e. The lowest BCUT2D eigenvalue weighted by molar-refractivity contribution is 0.111. The lowest BCUT2D eigenvalue weighted by Crippen LogP contribution is -1.88. The average molecular weight is 511 g/mol. The highest BCUT2D eigenvalue weighted by Crippen LogP contribution is 2.29. The number of H-pyrrole nitrogens is 2. The Bertz CT molecular complexity index is 1470. The summed E-state index contributed by atoms with van der Waals surface area (Å²) in [5, 5.41) is 10.4. The third-order valence-electron chi connectivity index (χ3n) is 5.26. The van der Waals surface area contributed by atoms with E-state index < -0.39 is 0 Å². The summed E-state index contributed by atoms with van der Waals surface area (Å²) in [5.74, 6) is -0.694. The molecule has 0 unspecified atom stereocenters. The van der Waals surface area contributed by atoms with E-state index in [-0.39, 0.29) is 18.2 Å². The normalized spacial score (nSPS) is 10.8. The van der Waals surface area contributed by atoms with Crippen molar-refractivity contribution >= 4 is 50.3 Å². The number of carbonyl (C=O) groups is 2. The zero-order valence-corrected chi connectivity index (χ0v) is 18.6. The molecular weight excluding hydrogens is 494 g/mol. The molecule has 0 saturated carbocycles. The van der Waals surface area contributed by atoms with Gasteiger partial charge in [0, 0.05) is 50.9 Å². The lowest BCUT2D eigenvalue weighted by atomic mass is 10.0. The van der Waals surface area contributed by atoms with E-state index in [1.807, 2.05) is 0 Å². The van der Waals surface area contributed by atoms with Crippen LogP contribution in [0.3, 0.4) is 0 Å². The first-order valence-corrected chi connectivity index (χ1v) is 10.6. The highest BCUT2D eigenvalue weighted by Gasteiger charge is 2.11. The largest absolute Gasteiger partial charge is 0.392 e. The van der Waals surface area contributed by atoms with Crippen LogP contribution in [0.5, 0.6) is 0 Å². The Balaban J connectivity index is 0.000000172. The summed E-state index contributed by atoms with van der Waals surface area (Å²) >= 11 is 3.06. The van der Waals surface area contributed by atoms with Crippen molar-refractivity contribution in [3.05, 3.63) is 93.7 Å². The molecule has 3 N–H and O–H groups in total. The summed E-state index contributed by atoms with van der Waals surface area (Å²) in [5.41, 5.74) is 4.18. The predicted octanol–water partition coefficient (Wildman–Crippen LogP) is 6.16. The van der Waals surface area contributed by atoms with Gasteiger partial charge in [0.25, 0.3) is 0 Å². The number of aliphatic hydroxyl groups excluding tert-OH is 1. The van der Waals surface area contributed by atoms with Crippen molar-refractivity contribution in [3.63, 3.8) is 0 Å². The van der Waals surface area contributed by atoms with Crippen molar-refractivity contribution in [2.24, 2.45) is 0 Å². The first-order valence-electron chi connectivity index (χ1n) is 9.82. The number of carbonyl (C=O) groups excluding carboxylic acids is 2. The quantitative estimate of drug-likeness (QED) is 0.253. The van der Waals surface area contributed by atoms with Crippen LogP contribution >= 0.6 is 15.9 Å². The maximum Gasteiger partial charge on any atom is 0.152 e. The molecule has 2 heterocycles. The Labute approximate surface area is 195 Å². The highest BCUT2D eigenvalue weighted by atomic mass is 79.9. The van der Waals surface area contributed by atoms with Gasteiger partial charge in [0.1, 0.15) is 11.6 Å². The zero-order chi connectivity index (χ0) is 23.5. The van der Waals surface area contributed by atoms with Crippen LogP contribution in [0.25, 0.3) is 32.9 Å². The summed E-state index contributed by atoms with van der Waals surface area (Å²) in [6, 6.07) is 13.0. The summed E-state index contributed by atoms with van der Waals surface area (Å²) in [7, 11) is 0. The number of aromatic nitrogens is 2. The molecule has 33 heavy (non-hydrogen) atoms. The van der Waals surface area contributed by atoms with Crippen LogP contribution in [0.1, 0.15) is 26.3 Å². The van der Waals surface area contributed by atoms with Crippen LogP contribution in [-0.4, -0.2) is 27.6 Å². The summed E-state index contributed by atoms with van der Waals surface area (Å²) in [4.78, 5) is 27.2. The molecule has 0 fully saturated rings. The van der Waals surface area contributed by atoms with Crippen molar-refractivity contribution in [2.45, 2.75) is 6.61 Å². The number of aromatic amines is 2. The number of hydrogen-bond donors (Lipinski definition) is 3. The van der Waals surface area contributed by atoms with Crippen LogP contribution in [0.2, 0.25) is 0 Å². The van der Waals surface area contributed by atoms with E-state index in [2.05, 4.69) is 25.9 Å². The zero-order valence-electron chi connectivity index (χ0n) is 17.0. The van der Waals surface area contributed by atoms with Gasteiger partial charge < -0.3 is 15.1 Å². The minimum atomic E-state index is -0.353. The predicted molar refractivity (Wildman–Crippen MR) is 126 cm³/mol. The van der Waals surface area contributed by atoms with Crippen molar-refractivity contribution in [3.8, 4) is 11.1 Å². The highest BCUT2D eigenvalue weighted by molar-refractivity contribution is 9.10. The van der Waals surface area contributed by atoms with E-state index in [4.69, 9.17) is 5.11 Å². The molecule has 0 aliphatic rings. The average Bonchev–Trinajstić information content (AvgIpc) is 3.42. The summed E-state index contributed by atoms with van der Waals surface area (Å²) in [6.45, 7) is -0.0467. The van der Waals surface area contributed by atoms with E-state index in [0.717, 1.165) is 23.5 Å². The maximum atomic E-state index is 14.1. The van der Waals surface area contributed by atoms with Gasteiger partial charge in [-0.25, -0.2) is 8.78 Å². The Kier molecular flexibility index (Phi) is 6.48. The van der Waals surface area contributed by atoms with Crippen LogP contribution in [-0.2, 0) is 6.61 Å². The molecule has 0 aliphatic heterocycles. The molecule has 5 nitrogen and oxygen atoms in total. The fourth-order valence-electron chi connectivity index (χ4n) is 3.51. The number of nitrogens with one attached hydrogen (secondary N) is 2. The second-order valence-electron chi connectivity index (χ2n) is 7.27. The van der Waals surface area contributed by atoms with Crippen LogP contribution < -0.4 is 0 Å². The van der Waals surface area contributed by atoms with Crippen molar-refractivity contribution in [1.82, 2.24) is 9.97 Å². The molecule has 166 valence electrons. The molecule has 0 aliphatic carbocycles. The van der Waals surface area contributed by atoms with Gasteiger partial charge in [0.05, 0.1) is 11.1 Å². The molecule has 0 saturated heterocycles. The van der Waals surface area contributed by atoms with E-state index in [9.17, 15) is 18.4 Å². The van der Waals surface area contributed by atoms with E-state index >= 15 is 0 Å². The molecule has 0 amide bonds. The van der Waals surface area contributed by atoms with Gasteiger partial charge in [-0.3, -0.25) is 9.59 Å². The third kappa shape index (κ3) is 4.48. The SMILES string of the molecule is O=Cc1c[nH]c2cc(F)c(-c3ccc(CO)cc3)cc12.O=Cc1c[nH]c2cc(F)c(Br)cc12. The fraction of sp³-hybridized carbons (Fsp3) is 0.0400. The number of hydrogen-bond acceptors (Lipinski definition) is 3. The molecular formula is C25H17BrF2N2O3. The van der Waals surface area contributed by atoms with E-state index in [0.29, 0.717) is 43.1 Å². The molecule has 0 bridgehead atoms. The minimum absolute atomic E-state index is 0.0467. The van der Waals surface area contributed by atoms with Crippen LogP contribution in [0, 0.1) is 11.6 Å². The molecule has 5 rings (SSSR count). The third-order valence-corrected chi connectivity index (χ3v) is 5.87. The first kappa shape index (κ1) is 22.6. The molecule has 2 aromatic heterocycles. The summed E-state index contributed by atoms with van der Waals surface area (Å²) in [6.07, 6.45) is 4.61. The van der Waals surface area contributed by atoms with Gasteiger partial charge in [-0.1, -0.05) is 24.3 Å². The van der Waals surface area contributed by atoms with E-state index in [1.54, 1.807) is 48.8 Å². The second-order valence-corrected chi connectivity index (χ2v) is 8.12. The molecule has 0 spiro atoms. The lowest BCUT2D eigenvalue weighted by Gasteiger charge is -2.05. The molecule has 0 atom stereocenters. The first-order chi connectivity index (χ1) is 15.9. The summed E-state index contributed by atoms with van der Waals surface area (Å²) < 4.78 is 27.5. The van der Waals surface area contributed by atoms with Gasteiger partial charge in [0.15, 0.2) is 12.6 Å². The van der Waals surface area contributed by atoms with Crippen molar-refractivity contribution in [1.29, 1.82) is 0 Å². The monoisotopic (exact) mass is 510 g/mol. The van der Waals surface area contributed by atoms with Gasteiger partial charge >= 0.3 is 0 Å². The van der Waals surface area contributed by atoms with Crippen molar-refractivity contribution < 1.29 is 23.5 Å². The number of rotatable bonds is 4. The standard InChI is InChI=1S/C16H12FNO2.C9H5BrFNO/c17-15-6-16-14(12(9-20)7-18-16)5-13(15)11-3-1-10(8-19)2-4-11;10-7-1-6-5(4-13)3-12-9(6)2-8(7)11/h1-7,9,18-19H,8H2;1-4,12H. The van der Waals surface area contributed by atoms with Gasteiger partial charge in [0.2, 0.25) is 0 Å². The van der Waals surface area contributed by atoms with Crippen LogP contribution in [0.4, 0.5) is 8.78 Å². The molecule has 8 heteroatoms. The van der Waals surface area contributed by atoms with Gasteiger partial charge in [-0.05, 0) is 51.3 Å². The molecule has 5 aromatic rings. The van der Waals surface area contributed by atoms with Crippen molar-refractivity contribution in [2.75, 3.05) is 0 Å². The maximum absolute atomic E-state index is 14.1. The minimum Gasteiger partial charge on any atom is -0.392 e. The molecule has 0 radical (unpaired) electrons. The fourth-order valence-corrected chi connectivity index (χ4v) is 3.85. The number of fused-ring (bicyclic) bond motifs is 2. The van der Waals surface area contributed by atoms with Gasteiger partial charge in [-0.15, -0.1) is 0 Å². The number of benzene rings is 3. The Hall–Kier alpha value is -3.62. The van der Waals surface area contributed by atoms with E-state index in [1.165, 1.54) is 12.1 Å². The topological polar surface area (TPSA) is 85.9 Å². The van der Waals surface area contributed by atoms with Gasteiger partial charge in [-0.2, -0.15) is 0 Å².